The first kappa shape index (κ1) is 19.4. The molecule has 1 saturated heterocycles. The molecule has 3 aromatic rings. The third-order valence-electron chi connectivity index (χ3n) is 5.27. The Morgan fingerprint density at radius 2 is 1.45 bits per heavy atom. The van der Waals surface area contributed by atoms with Gasteiger partial charge in [-0.2, -0.15) is 0 Å². The number of halogens is 2. The van der Waals surface area contributed by atoms with Gasteiger partial charge in [0.15, 0.2) is 0 Å². The molecule has 0 atom stereocenters. The second-order valence-corrected chi connectivity index (χ2v) is 7.47. The van der Waals surface area contributed by atoms with Gasteiger partial charge in [-0.05, 0) is 35.4 Å². The predicted octanol–water partition coefficient (Wildman–Crippen LogP) is 4.62. The molecule has 1 aliphatic rings. The number of carbonyl (C=O) groups is 2. The average molecular weight is 411 g/mol. The highest BCUT2D eigenvalue weighted by Gasteiger charge is 2.26. The van der Waals surface area contributed by atoms with Crippen LogP contribution >= 0.6 is 11.6 Å². The summed E-state index contributed by atoms with van der Waals surface area (Å²) in [6.07, 6.45) is 0.619. The van der Waals surface area contributed by atoms with Crippen molar-refractivity contribution in [1.29, 1.82) is 0 Å². The summed E-state index contributed by atoms with van der Waals surface area (Å²) in [5, 5.41) is 2.03. The van der Waals surface area contributed by atoms with Crippen molar-refractivity contribution in [2.45, 2.75) is 6.42 Å². The minimum absolute atomic E-state index is 0.0555. The second kappa shape index (κ2) is 8.21. The first-order valence-electron chi connectivity index (χ1n) is 9.56. The number of hydrogen-bond donors (Lipinski definition) is 0. The van der Waals surface area contributed by atoms with Gasteiger partial charge in [-0.3, -0.25) is 9.59 Å². The highest BCUT2D eigenvalue weighted by Crippen LogP contribution is 2.23. The molecule has 1 aliphatic heterocycles. The third kappa shape index (κ3) is 3.83. The molecule has 2 amide bonds. The van der Waals surface area contributed by atoms with Gasteiger partial charge < -0.3 is 9.80 Å². The number of carbonyl (C=O) groups excluding carboxylic acids is 2. The van der Waals surface area contributed by atoms with Crippen molar-refractivity contribution >= 4 is 34.2 Å². The smallest absolute Gasteiger partial charge is 0.258 e. The Kier molecular flexibility index (Phi) is 5.49. The van der Waals surface area contributed by atoms with E-state index in [4.69, 9.17) is 11.6 Å². The number of amides is 2. The van der Waals surface area contributed by atoms with Crippen LogP contribution in [0.2, 0.25) is 5.02 Å². The molecule has 6 heteroatoms. The fraction of sp³-hybridized carbons (Fsp3) is 0.217. The molecule has 4 nitrogen and oxygen atoms in total. The number of rotatable bonds is 2. The Balaban J connectivity index is 1.53. The predicted molar refractivity (Wildman–Crippen MR) is 112 cm³/mol. The Labute approximate surface area is 173 Å². The molecule has 3 aromatic carbocycles. The van der Waals surface area contributed by atoms with E-state index < -0.39 is 11.7 Å². The van der Waals surface area contributed by atoms with Crippen molar-refractivity contribution in [3.63, 3.8) is 0 Å². The lowest BCUT2D eigenvalue weighted by molar-refractivity contribution is 0.0717. The van der Waals surface area contributed by atoms with Gasteiger partial charge in [-0.25, -0.2) is 4.39 Å². The lowest BCUT2D eigenvalue weighted by atomic mass is 10.0. The number of nitrogens with zero attached hydrogens (tertiary/aromatic N) is 2. The topological polar surface area (TPSA) is 40.6 Å². The summed E-state index contributed by atoms with van der Waals surface area (Å²) in [5.74, 6) is -1.12. The standard InChI is InChI=1S/C23H20ClFN2O2/c24-19-10-4-11-20(25)21(19)23(29)27-13-5-12-26(14-15-27)22(28)18-9-3-7-16-6-1-2-8-17(16)18/h1-4,6-11H,5,12-15H2. The third-order valence-corrected chi connectivity index (χ3v) is 5.58. The highest BCUT2D eigenvalue weighted by atomic mass is 35.5. The zero-order valence-corrected chi connectivity index (χ0v) is 16.5. The molecule has 4 rings (SSSR count). The van der Waals surface area contributed by atoms with E-state index in [-0.39, 0.29) is 16.5 Å². The van der Waals surface area contributed by atoms with E-state index in [9.17, 15) is 14.0 Å². The van der Waals surface area contributed by atoms with Gasteiger partial charge in [0, 0.05) is 31.7 Å². The first-order chi connectivity index (χ1) is 14.1. The largest absolute Gasteiger partial charge is 0.337 e. The molecule has 0 N–H and O–H groups in total. The van der Waals surface area contributed by atoms with Crippen molar-refractivity contribution in [2.75, 3.05) is 26.2 Å². The lowest BCUT2D eigenvalue weighted by Crippen LogP contribution is -2.37. The minimum Gasteiger partial charge on any atom is -0.337 e. The molecule has 148 valence electrons. The summed E-state index contributed by atoms with van der Waals surface area (Å²) in [5.41, 5.74) is 0.544. The van der Waals surface area contributed by atoms with Gasteiger partial charge in [0.2, 0.25) is 0 Å². The van der Waals surface area contributed by atoms with Gasteiger partial charge in [-0.15, -0.1) is 0 Å². The van der Waals surface area contributed by atoms with E-state index in [0.717, 1.165) is 10.8 Å². The number of fused-ring (bicyclic) bond motifs is 1. The molecule has 0 saturated carbocycles. The van der Waals surface area contributed by atoms with Crippen molar-refractivity contribution in [3.8, 4) is 0 Å². The van der Waals surface area contributed by atoms with Crippen LogP contribution < -0.4 is 0 Å². The van der Waals surface area contributed by atoms with Gasteiger partial charge >= 0.3 is 0 Å². The van der Waals surface area contributed by atoms with Crippen molar-refractivity contribution in [1.82, 2.24) is 9.80 Å². The number of hydrogen-bond acceptors (Lipinski definition) is 2. The van der Waals surface area contributed by atoms with Gasteiger partial charge in [0.05, 0.1) is 10.6 Å². The number of benzene rings is 3. The summed E-state index contributed by atoms with van der Waals surface area (Å²) in [7, 11) is 0. The van der Waals surface area contributed by atoms with E-state index in [1.165, 1.54) is 18.2 Å². The van der Waals surface area contributed by atoms with E-state index in [0.29, 0.717) is 38.2 Å². The van der Waals surface area contributed by atoms with Crippen LogP contribution in [-0.4, -0.2) is 47.8 Å². The molecule has 0 aromatic heterocycles. The Morgan fingerprint density at radius 3 is 2.21 bits per heavy atom. The van der Waals surface area contributed by atoms with Crippen LogP contribution in [-0.2, 0) is 0 Å². The Bertz CT molecular complexity index is 1060. The minimum atomic E-state index is -0.629. The van der Waals surface area contributed by atoms with Gasteiger partial charge in [0.1, 0.15) is 5.82 Å². The molecular formula is C23H20ClFN2O2. The Morgan fingerprint density at radius 1 is 0.793 bits per heavy atom. The summed E-state index contributed by atoms with van der Waals surface area (Å²) < 4.78 is 14.1. The van der Waals surface area contributed by atoms with E-state index in [2.05, 4.69) is 0 Å². The second-order valence-electron chi connectivity index (χ2n) is 7.06. The van der Waals surface area contributed by atoms with Crippen LogP contribution in [0.15, 0.2) is 60.7 Å². The summed E-state index contributed by atoms with van der Waals surface area (Å²) >= 11 is 6.05. The lowest BCUT2D eigenvalue weighted by Gasteiger charge is -2.23. The average Bonchev–Trinajstić information content (AvgIpc) is 2.99. The molecule has 0 radical (unpaired) electrons. The summed E-state index contributed by atoms with van der Waals surface area (Å²) in [6.45, 7) is 1.71. The van der Waals surface area contributed by atoms with Crippen molar-refractivity contribution in [3.05, 3.63) is 82.6 Å². The molecule has 0 unspecified atom stereocenters. The van der Waals surface area contributed by atoms with Crippen LogP contribution in [0.5, 0.6) is 0 Å². The maximum Gasteiger partial charge on any atom is 0.258 e. The fourth-order valence-electron chi connectivity index (χ4n) is 3.77. The van der Waals surface area contributed by atoms with E-state index in [1.807, 2.05) is 42.5 Å². The Hall–Kier alpha value is -2.92. The fourth-order valence-corrected chi connectivity index (χ4v) is 4.01. The molecular weight excluding hydrogens is 391 g/mol. The zero-order chi connectivity index (χ0) is 20.4. The summed E-state index contributed by atoms with van der Waals surface area (Å²) in [6, 6.07) is 17.7. The molecule has 0 bridgehead atoms. The van der Waals surface area contributed by atoms with Crippen LogP contribution in [0, 0.1) is 5.82 Å². The summed E-state index contributed by atoms with van der Waals surface area (Å²) in [4.78, 5) is 29.3. The maximum atomic E-state index is 14.1. The van der Waals surface area contributed by atoms with Crippen LogP contribution in [0.3, 0.4) is 0 Å². The van der Waals surface area contributed by atoms with Gasteiger partial charge in [-0.1, -0.05) is 54.1 Å². The monoisotopic (exact) mass is 410 g/mol. The van der Waals surface area contributed by atoms with Gasteiger partial charge in [0.25, 0.3) is 11.8 Å². The van der Waals surface area contributed by atoms with E-state index in [1.54, 1.807) is 9.80 Å². The highest BCUT2D eigenvalue weighted by molar-refractivity contribution is 6.33. The maximum absolute atomic E-state index is 14.1. The molecule has 1 heterocycles. The van der Waals surface area contributed by atoms with Crippen LogP contribution in [0.25, 0.3) is 10.8 Å². The first-order valence-corrected chi connectivity index (χ1v) is 9.94. The van der Waals surface area contributed by atoms with Crippen LogP contribution in [0.1, 0.15) is 27.1 Å². The van der Waals surface area contributed by atoms with Crippen molar-refractivity contribution in [2.24, 2.45) is 0 Å². The molecule has 0 spiro atoms. The molecule has 0 aliphatic carbocycles. The molecule has 29 heavy (non-hydrogen) atoms. The zero-order valence-electron chi connectivity index (χ0n) is 15.8. The quantitative estimate of drug-likeness (QED) is 0.618. The SMILES string of the molecule is O=C(c1c(F)cccc1Cl)N1CCCN(C(=O)c2cccc3ccccc23)CC1. The van der Waals surface area contributed by atoms with Crippen molar-refractivity contribution < 1.29 is 14.0 Å². The molecule has 1 fully saturated rings. The van der Waals surface area contributed by atoms with Crippen LogP contribution in [0.4, 0.5) is 4.39 Å². The van der Waals surface area contributed by atoms with E-state index >= 15 is 0 Å². The normalized spacial score (nSPS) is 14.7.